The van der Waals surface area contributed by atoms with E-state index < -0.39 is 0 Å². The van der Waals surface area contributed by atoms with Crippen LogP contribution in [0.5, 0.6) is 0 Å². The second-order valence-electron chi connectivity index (χ2n) is 5.18. The number of nitrogens with one attached hydrogen (secondary N) is 1. The van der Waals surface area contributed by atoms with E-state index >= 15 is 0 Å². The first-order chi connectivity index (χ1) is 9.74. The maximum absolute atomic E-state index is 6.13. The molecule has 0 unspecified atom stereocenters. The average molecular weight is 299 g/mol. The number of rotatable bonds is 2. The predicted molar refractivity (Wildman–Crippen MR) is 77.5 cm³/mol. The second kappa shape index (κ2) is 5.71. The molecule has 7 heteroatoms. The topological polar surface area (TPSA) is 59.5 Å². The number of morpholine rings is 1. The molecule has 1 N–H and O–H groups in total. The Balaban J connectivity index is 1.85. The third kappa shape index (κ3) is 2.55. The number of halogens is 1. The van der Waals surface area contributed by atoms with Gasteiger partial charge in [-0.15, -0.1) is 0 Å². The zero-order valence-electron chi connectivity index (χ0n) is 11.6. The van der Waals surface area contributed by atoms with Crippen LogP contribution in [-0.4, -0.2) is 55.5 Å². The molecule has 0 radical (unpaired) electrons. The van der Waals surface area contributed by atoms with Gasteiger partial charge in [0.25, 0.3) is 0 Å². The molecule has 0 aromatic carbocycles. The van der Waals surface area contributed by atoms with Crippen molar-refractivity contribution < 1.29 is 9.47 Å². The van der Waals surface area contributed by atoms with Gasteiger partial charge in [0.2, 0.25) is 0 Å². The van der Waals surface area contributed by atoms with Crippen molar-refractivity contribution in [1.82, 2.24) is 9.97 Å². The highest BCUT2D eigenvalue weighted by molar-refractivity contribution is 6.32. The number of anilines is 2. The van der Waals surface area contributed by atoms with Crippen molar-refractivity contribution in [2.75, 3.05) is 50.2 Å². The molecule has 3 heterocycles. The maximum atomic E-state index is 6.13. The number of aromatic nitrogens is 2. The summed E-state index contributed by atoms with van der Waals surface area (Å²) in [4.78, 5) is 10.6. The Morgan fingerprint density at radius 2 is 2.10 bits per heavy atom. The van der Waals surface area contributed by atoms with E-state index in [2.05, 4.69) is 20.2 Å². The van der Waals surface area contributed by atoms with Gasteiger partial charge in [0.05, 0.1) is 12.2 Å². The van der Waals surface area contributed by atoms with Crippen LogP contribution < -0.4 is 10.2 Å². The molecule has 20 heavy (non-hydrogen) atoms. The molecule has 0 atom stereocenters. The fraction of sp³-hybridized carbons (Fsp3) is 0.692. The number of nitrogens with zero attached hydrogens (tertiary/aromatic N) is 3. The van der Waals surface area contributed by atoms with Crippen molar-refractivity contribution in [3.8, 4) is 0 Å². The third-order valence-corrected chi connectivity index (χ3v) is 4.27. The van der Waals surface area contributed by atoms with Crippen molar-refractivity contribution >= 4 is 23.1 Å². The summed E-state index contributed by atoms with van der Waals surface area (Å²) in [6.45, 7) is 3.85. The lowest BCUT2D eigenvalue weighted by Crippen LogP contribution is -2.54. The van der Waals surface area contributed by atoms with Crippen LogP contribution in [-0.2, 0) is 9.47 Å². The van der Waals surface area contributed by atoms with E-state index in [9.17, 15) is 0 Å². The SMILES string of the molecule is CNc1c(Cl)ncnc1N1CCOC2(CCOCC2)C1. The van der Waals surface area contributed by atoms with Gasteiger partial charge >= 0.3 is 0 Å². The van der Waals surface area contributed by atoms with Crippen molar-refractivity contribution in [3.63, 3.8) is 0 Å². The van der Waals surface area contributed by atoms with Gasteiger partial charge in [-0.05, 0) is 0 Å². The largest absolute Gasteiger partial charge is 0.383 e. The van der Waals surface area contributed by atoms with E-state index in [1.165, 1.54) is 6.33 Å². The molecule has 2 aliphatic heterocycles. The Morgan fingerprint density at radius 1 is 1.30 bits per heavy atom. The summed E-state index contributed by atoms with van der Waals surface area (Å²) < 4.78 is 11.5. The van der Waals surface area contributed by atoms with Crippen LogP contribution in [0.3, 0.4) is 0 Å². The highest BCUT2D eigenvalue weighted by atomic mass is 35.5. The van der Waals surface area contributed by atoms with Crippen molar-refractivity contribution in [2.45, 2.75) is 18.4 Å². The molecule has 2 fully saturated rings. The fourth-order valence-corrected chi connectivity index (χ4v) is 3.10. The summed E-state index contributed by atoms with van der Waals surface area (Å²) in [6.07, 6.45) is 3.36. The molecular formula is C13H19ClN4O2. The summed E-state index contributed by atoms with van der Waals surface area (Å²) in [7, 11) is 1.83. The van der Waals surface area contributed by atoms with E-state index in [0.717, 1.165) is 50.7 Å². The molecule has 3 rings (SSSR count). The monoisotopic (exact) mass is 298 g/mol. The van der Waals surface area contributed by atoms with Gasteiger partial charge < -0.3 is 19.7 Å². The average Bonchev–Trinajstić information content (AvgIpc) is 2.48. The van der Waals surface area contributed by atoms with E-state index in [4.69, 9.17) is 21.1 Å². The van der Waals surface area contributed by atoms with Crippen molar-refractivity contribution in [2.24, 2.45) is 0 Å². The molecule has 2 aliphatic rings. The van der Waals surface area contributed by atoms with Gasteiger partial charge in [0.1, 0.15) is 12.0 Å². The zero-order valence-corrected chi connectivity index (χ0v) is 12.3. The van der Waals surface area contributed by atoms with Crippen LogP contribution >= 0.6 is 11.6 Å². The Labute approximate surface area is 123 Å². The van der Waals surface area contributed by atoms with Crippen LogP contribution in [0.1, 0.15) is 12.8 Å². The first-order valence-electron chi connectivity index (χ1n) is 6.89. The summed E-state index contributed by atoms with van der Waals surface area (Å²) in [5.41, 5.74) is 0.664. The minimum absolute atomic E-state index is 0.112. The van der Waals surface area contributed by atoms with Crippen molar-refractivity contribution in [1.29, 1.82) is 0 Å². The fourth-order valence-electron chi connectivity index (χ4n) is 2.88. The van der Waals surface area contributed by atoms with E-state index in [-0.39, 0.29) is 5.60 Å². The van der Waals surface area contributed by atoms with Gasteiger partial charge in [-0.3, -0.25) is 0 Å². The highest BCUT2D eigenvalue weighted by Crippen LogP contribution is 2.35. The van der Waals surface area contributed by atoms with Crippen LogP contribution in [0.15, 0.2) is 6.33 Å². The Bertz CT molecular complexity index is 474. The zero-order chi connectivity index (χ0) is 14.0. The smallest absolute Gasteiger partial charge is 0.157 e. The van der Waals surface area contributed by atoms with Gasteiger partial charge in [-0.2, -0.15) is 0 Å². The lowest BCUT2D eigenvalue weighted by atomic mass is 9.92. The molecule has 6 nitrogen and oxygen atoms in total. The standard InChI is InChI=1S/C13H19ClN4O2/c1-15-10-11(14)16-9-17-12(10)18-4-7-20-13(8-18)2-5-19-6-3-13/h9,15H,2-8H2,1H3. The highest BCUT2D eigenvalue weighted by Gasteiger charge is 2.39. The van der Waals surface area contributed by atoms with Gasteiger partial charge in [0.15, 0.2) is 11.0 Å². The lowest BCUT2D eigenvalue weighted by molar-refractivity contribution is -0.116. The Morgan fingerprint density at radius 3 is 2.85 bits per heavy atom. The molecule has 110 valence electrons. The molecule has 1 spiro atoms. The van der Waals surface area contributed by atoms with Gasteiger partial charge in [-0.1, -0.05) is 11.6 Å². The van der Waals surface area contributed by atoms with Crippen LogP contribution in [0, 0.1) is 0 Å². The Kier molecular flexibility index (Phi) is 3.96. The number of ether oxygens (including phenoxy) is 2. The summed E-state index contributed by atoms with van der Waals surface area (Å²) in [6, 6.07) is 0. The first-order valence-corrected chi connectivity index (χ1v) is 7.27. The number of hydrogen-bond donors (Lipinski definition) is 1. The third-order valence-electron chi connectivity index (χ3n) is 3.98. The second-order valence-corrected chi connectivity index (χ2v) is 5.54. The molecule has 0 saturated carbocycles. The quantitative estimate of drug-likeness (QED) is 0.836. The van der Waals surface area contributed by atoms with Crippen LogP contribution in [0.25, 0.3) is 0 Å². The summed E-state index contributed by atoms with van der Waals surface area (Å²) in [5.74, 6) is 0.849. The molecular weight excluding hydrogens is 280 g/mol. The minimum atomic E-state index is -0.112. The van der Waals surface area contributed by atoms with Crippen molar-refractivity contribution in [3.05, 3.63) is 11.5 Å². The Hall–Kier alpha value is -1.11. The molecule has 1 aromatic rings. The van der Waals surface area contributed by atoms with Crippen LogP contribution in [0.2, 0.25) is 5.15 Å². The van der Waals surface area contributed by atoms with E-state index in [1.54, 1.807) is 0 Å². The summed E-state index contributed by atoms with van der Waals surface area (Å²) in [5, 5.41) is 3.54. The molecule has 0 bridgehead atoms. The molecule has 0 aliphatic carbocycles. The van der Waals surface area contributed by atoms with E-state index in [0.29, 0.717) is 11.8 Å². The lowest BCUT2D eigenvalue weighted by Gasteiger charge is -2.45. The van der Waals surface area contributed by atoms with Gasteiger partial charge in [-0.25, -0.2) is 9.97 Å². The minimum Gasteiger partial charge on any atom is -0.383 e. The van der Waals surface area contributed by atoms with Gasteiger partial charge in [0, 0.05) is 46.2 Å². The molecule has 0 amide bonds. The summed E-state index contributed by atoms with van der Waals surface area (Å²) >= 11 is 6.13. The van der Waals surface area contributed by atoms with Crippen LogP contribution in [0.4, 0.5) is 11.5 Å². The molecule has 2 saturated heterocycles. The maximum Gasteiger partial charge on any atom is 0.157 e. The predicted octanol–water partition coefficient (Wildman–Crippen LogP) is 1.56. The first kappa shape index (κ1) is 13.9. The molecule has 1 aromatic heterocycles. The number of hydrogen-bond acceptors (Lipinski definition) is 6. The van der Waals surface area contributed by atoms with E-state index in [1.807, 2.05) is 7.05 Å². The normalized spacial score (nSPS) is 22.0.